The van der Waals surface area contributed by atoms with Gasteiger partial charge in [-0.25, -0.2) is 0 Å². The van der Waals surface area contributed by atoms with E-state index < -0.39 is 0 Å². The van der Waals surface area contributed by atoms with Crippen molar-refractivity contribution >= 4 is 12.1 Å². The normalized spacial score (nSPS) is 18.5. The lowest BCUT2D eigenvalue weighted by Crippen LogP contribution is -2.31. The molecule has 0 bridgehead atoms. The molecule has 1 aromatic rings. The number of hydrogen-bond acceptors (Lipinski definition) is 5. The van der Waals surface area contributed by atoms with Crippen LogP contribution in [-0.4, -0.2) is 43.7 Å². The lowest BCUT2D eigenvalue weighted by Gasteiger charge is -2.13. The standard InChI is InChI=1S/C15H20N2O4/c1-15(2)8-13(18)16-17(15)9-10-6-11(19-3)14(21-5)12(7-10)20-4/h6-7,9H,8H2,1-5H3/b17-9+. The third kappa shape index (κ3) is 2.94. The van der Waals surface area contributed by atoms with E-state index in [4.69, 9.17) is 14.2 Å². The second-order valence-electron chi connectivity index (χ2n) is 5.42. The first-order chi connectivity index (χ1) is 9.91. The monoisotopic (exact) mass is 292 g/mol. The van der Waals surface area contributed by atoms with Gasteiger partial charge in [0.05, 0.1) is 21.3 Å². The van der Waals surface area contributed by atoms with Crippen molar-refractivity contribution in [2.24, 2.45) is 5.10 Å². The summed E-state index contributed by atoms with van der Waals surface area (Å²) < 4.78 is 17.6. The van der Waals surface area contributed by atoms with Gasteiger partial charge in [-0.2, -0.15) is 0 Å². The van der Waals surface area contributed by atoms with Crippen LogP contribution in [0.3, 0.4) is 0 Å². The van der Waals surface area contributed by atoms with Gasteiger partial charge in [0, 0.05) is 31.7 Å². The van der Waals surface area contributed by atoms with Crippen LogP contribution in [0.4, 0.5) is 0 Å². The minimum atomic E-state index is -0.336. The Hall–Kier alpha value is -2.24. The third-order valence-corrected chi connectivity index (χ3v) is 3.38. The van der Waals surface area contributed by atoms with Gasteiger partial charge in [0.25, 0.3) is 0 Å². The molecule has 114 valence electrons. The summed E-state index contributed by atoms with van der Waals surface area (Å²) in [5.41, 5.74) is 0.480. The lowest BCUT2D eigenvalue weighted by atomic mass is 10.0. The van der Waals surface area contributed by atoms with E-state index in [9.17, 15) is 5.11 Å². The molecule has 1 aliphatic rings. The van der Waals surface area contributed by atoms with E-state index in [-0.39, 0.29) is 11.4 Å². The van der Waals surface area contributed by atoms with Gasteiger partial charge < -0.3 is 19.3 Å². The van der Waals surface area contributed by atoms with Crippen molar-refractivity contribution in [3.8, 4) is 17.2 Å². The predicted molar refractivity (Wildman–Crippen MR) is 77.7 cm³/mol. The van der Waals surface area contributed by atoms with Gasteiger partial charge in [0.2, 0.25) is 12.0 Å². The van der Waals surface area contributed by atoms with Crippen LogP contribution in [0.15, 0.2) is 17.2 Å². The van der Waals surface area contributed by atoms with Crippen LogP contribution >= 0.6 is 0 Å². The summed E-state index contributed by atoms with van der Waals surface area (Å²) in [7, 11) is 4.69. The van der Waals surface area contributed by atoms with Crippen molar-refractivity contribution in [3.05, 3.63) is 17.7 Å². The Morgan fingerprint density at radius 1 is 1.14 bits per heavy atom. The van der Waals surface area contributed by atoms with Gasteiger partial charge in [-0.1, -0.05) is 4.68 Å². The zero-order valence-corrected chi connectivity index (χ0v) is 13.0. The van der Waals surface area contributed by atoms with E-state index in [1.807, 2.05) is 26.0 Å². The maximum atomic E-state index is 11.5. The molecule has 21 heavy (non-hydrogen) atoms. The second kappa shape index (κ2) is 5.63. The number of nitrogens with zero attached hydrogens (tertiary/aromatic N) is 2. The van der Waals surface area contributed by atoms with Crippen LogP contribution in [0.5, 0.6) is 17.2 Å². The van der Waals surface area contributed by atoms with E-state index in [0.29, 0.717) is 23.7 Å². The first-order valence-corrected chi connectivity index (χ1v) is 6.60. The molecule has 0 radical (unpaired) electrons. The van der Waals surface area contributed by atoms with Crippen molar-refractivity contribution in [3.63, 3.8) is 0 Å². The second-order valence-corrected chi connectivity index (χ2v) is 5.42. The summed E-state index contributed by atoms with van der Waals surface area (Å²) in [5.74, 6) is 1.53. The van der Waals surface area contributed by atoms with Gasteiger partial charge in [-0.05, 0) is 17.2 Å². The van der Waals surface area contributed by atoms with Gasteiger partial charge in [-0.3, -0.25) is 0 Å². The minimum Gasteiger partial charge on any atom is -0.857 e. The fraction of sp³-hybridized carbons (Fsp3) is 0.467. The molecule has 6 heteroatoms. The highest BCUT2D eigenvalue weighted by atomic mass is 16.5. The topological polar surface area (TPSA) is 66.1 Å². The summed E-state index contributed by atoms with van der Waals surface area (Å²) in [6.45, 7) is 3.94. The molecule has 0 unspecified atom stereocenters. The van der Waals surface area contributed by atoms with E-state index >= 15 is 0 Å². The molecule has 0 saturated carbocycles. The smallest absolute Gasteiger partial charge is 0.204 e. The zero-order chi connectivity index (χ0) is 15.6. The largest absolute Gasteiger partial charge is 0.857 e. The van der Waals surface area contributed by atoms with Gasteiger partial charge in [0.15, 0.2) is 17.0 Å². The molecule has 0 aliphatic carbocycles. The SMILES string of the molecule is COc1cc(/C=[N+]2/N=C([O-])CC2(C)C)cc(OC)c1OC. The molecular weight excluding hydrogens is 272 g/mol. The van der Waals surface area contributed by atoms with Crippen molar-refractivity contribution in [1.29, 1.82) is 0 Å². The molecule has 1 aliphatic heterocycles. The fourth-order valence-corrected chi connectivity index (χ4v) is 2.26. The molecule has 1 aromatic carbocycles. The molecule has 0 aromatic heterocycles. The predicted octanol–water partition coefficient (Wildman–Crippen LogP) is 1.000. The summed E-state index contributed by atoms with van der Waals surface area (Å²) in [6, 6.07) is 3.63. The number of hydrogen-bond donors (Lipinski definition) is 0. The maximum absolute atomic E-state index is 11.5. The van der Waals surface area contributed by atoms with Gasteiger partial charge in [0.1, 0.15) is 0 Å². The Morgan fingerprint density at radius 2 is 1.71 bits per heavy atom. The lowest BCUT2D eigenvalue weighted by molar-refractivity contribution is -0.591. The Morgan fingerprint density at radius 3 is 2.10 bits per heavy atom. The highest BCUT2D eigenvalue weighted by Crippen LogP contribution is 2.38. The fourth-order valence-electron chi connectivity index (χ4n) is 2.26. The van der Waals surface area contributed by atoms with E-state index in [1.54, 1.807) is 32.2 Å². The molecule has 0 spiro atoms. The zero-order valence-electron chi connectivity index (χ0n) is 13.0. The minimum absolute atomic E-state index is 0.122. The number of methoxy groups -OCH3 is 3. The summed E-state index contributed by atoms with van der Waals surface area (Å²) >= 11 is 0. The first-order valence-electron chi connectivity index (χ1n) is 6.60. The Balaban J connectivity index is 2.50. The molecule has 1 heterocycles. The molecule has 0 saturated heterocycles. The number of benzene rings is 1. The van der Waals surface area contributed by atoms with Crippen molar-refractivity contribution in [2.45, 2.75) is 25.8 Å². The molecule has 2 rings (SSSR count). The highest BCUT2D eigenvalue weighted by molar-refractivity contribution is 5.80. The molecule has 0 N–H and O–H groups in total. The maximum Gasteiger partial charge on any atom is 0.204 e. The van der Waals surface area contributed by atoms with E-state index in [1.165, 1.54) is 0 Å². The van der Waals surface area contributed by atoms with Crippen LogP contribution in [0, 0.1) is 0 Å². The summed E-state index contributed by atoms with van der Waals surface area (Å²) in [5, 5.41) is 15.5. The van der Waals surface area contributed by atoms with Gasteiger partial charge in [-0.15, -0.1) is 0 Å². The van der Waals surface area contributed by atoms with Crippen LogP contribution < -0.4 is 19.3 Å². The molecule has 0 amide bonds. The van der Waals surface area contributed by atoms with Crippen molar-refractivity contribution < 1.29 is 24.0 Å². The van der Waals surface area contributed by atoms with Crippen LogP contribution in [0.2, 0.25) is 0 Å². The Kier molecular flexibility index (Phi) is 4.06. The Labute approximate surface area is 124 Å². The van der Waals surface area contributed by atoms with Crippen LogP contribution in [0.1, 0.15) is 25.8 Å². The number of rotatable bonds is 4. The molecular formula is C15H20N2O4. The average Bonchev–Trinajstić information content (AvgIpc) is 2.69. The molecule has 6 nitrogen and oxygen atoms in total. The number of ether oxygens (including phenoxy) is 3. The van der Waals surface area contributed by atoms with Crippen LogP contribution in [-0.2, 0) is 0 Å². The molecule has 0 fully saturated rings. The van der Waals surface area contributed by atoms with Crippen molar-refractivity contribution in [2.75, 3.05) is 21.3 Å². The Bertz CT molecular complexity index is 581. The third-order valence-electron chi connectivity index (χ3n) is 3.38. The highest BCUT2D eigenvalue weighted by Gasteiger charge is 2.36. The average molecular weight is 292 g/mol. The van der Waals surface area contributed by atoms with Crippen molar-refractivity contribution in [1.82, 2.24) is 0 Å². The quantitative estimate of drug-likeness (QED) is 0.777. The summed E-state index contributed by atoms with van der Waals surface area (Å²) in [6.07, 6.45) is 2.20. The van der Waals surface area contributed by atoms with E-state index in [2.05, 4.69) is 5.10 Å². The summed E-state index contributed by atoms with van der Waals surface area (Å²) in [4.78, 5) is 0. The molecule has 0 atom stereocenters. The van der Waals surface area contributed by atoms with Gasteiger partial charge >= 0.3 is 0 Å². The number of hydrazone groups is 1. The first kappa shape index (κ1) is 15.2. The van der Waals surface area contributed by atoms with Crippen LogP contribution in [0.25, 0.3) is 0 Å². The van der Waals surface area contributed by atoms with E-state index in [0.717, 1.165) is 5.56 Å².